The number of nitrogens with one attached hydrogen (secondary N) is 1. The van der Waals surface area contributed by atoms with Crippen molar-refractivity contribution >= 4 is 5.91 Å². The number of halogens is 1. The molecule has 1 aromatic heterocycles. The summed E-state index contributed by atoms with van der Waals surface area (Å²) in [6.45, 7) is 0.334. The molecule has 1 aromatic carbocycles. The number of aromatic nitrogens is 3. The first-order valence-corrected chi connectivity index (χ1v) is 9.14. The summed E-state index contributed by atoms with van der Waals surface area (Å²) in [5.41, 5.74) is 0.752. The first-order valence-electron chi connectivity index (χ1n) is 9.14. The Bertz CT molecular complexity index is 722. The van der Waals surface area contributed by atoms with E-state index in [1.165, 1.54) is 31.4 Å². The third-order valence-electron chi connectivity index (χ3n) is 4.99. The van der Waals surface area contributed by atoms with Crippen molar-refractivity contribution in [2.24, 2.45) is 0 Å². The summed E-state index contributed by atoms with van der Waals surface area (Å²) in [5.74, 6) is 0.328. The molecule has 0 bridgehead atoms. The van der Waals surface area contributed by atoms with E-state index < -0.39 is 6.04 Å². The highest BCUT2D eigenvalue weighted by molar-refractivity contribution is 5.83. The number of amides is 1. The number of carbonyl (C=O) groups excluding carboxylic acids is 1. The molecular weight excluding hydrogens is 333 g/mol. The van der Waals surface area contributed by atoms with Crippen LogP contribution in [0.1, 0.15) is 55.6 Å². The van der Waals surface area contributed by atoms with Gasteiger partial charge in [0, 0.05) is 6.04 Å². The molecule has 0 radical (unpaired) electrons. The molecular formula is C19H26FN5O. The first-order chi connectivity index (χ1) is 12.6. The van der Waals surface area contributed by atoms with E-state index in [4.69, 9.17) is 0 Å². The van der Waals surface area contributed by atoms with Gasteiger partial charge in [0.2, 0.25) is 5.91 Å². The maximum absolute atomic E-state index is 13.2. The molecule has 2 aromatic rings. The van der Waals surface area contributed by atoms with Crippen LogP contribution >= 0.6 is 0 Å². The Labute approximate surface area is 153 Å². The number of hydrogen-bond donors (Lipinski definition) is 1. The van der Waals surface area contributed by atoms with Crippen LogP contribution in [0.15, 0.2) is 30.6 Å². The lowest BCUT2D eigenvalue weighted by atomic mass is 9.95. The van der Waals surface area contributed by atoms with Crippen LogP contribution in [0.25, 0.3) is 0 Å². The molecule has 0 spiro atoms. The zero-order valence-corrected chi connectivity index (χ0v) is 15.4. The highest BCUT2D eigenvalue weighted by atomic mass is 19.1. The lowest BCUT2D eigenvalue weighted by molar-refractivity contribution is -0.126. The largest absolute Gasteiger partial charge is 0.347 e. The quantitative estimate of drug-likeness (QED) is 0.861. The number of hydrogen-bond acceptors (Lipinski definition) is 4. The fourth-order valence-corrected chi connectivity index (χ4v) is 3.65. The fourth-order valence-electron chi connectivity index (χ4n) is 3.65. The van der Waals surface area contributed by atoms with Crippen LogP contribution in [0.5, 0.6) is 0 Å². The standard InChI is InChI=1S/C19H26FN5O/c1-24(2)18(14-8-10-15(20)11-9-14)19(26)21-12-17-23-22-13-25(17)16-6-4-3-5-7-16/h8-11,13,16,18H,3-7,12H2,1-2H3,(H,21,26). The Kier molecular flexibility index (Phi) is 5.98. The lowest BCUT2D eigenvalue weighted by Crippen LogP contribution is -2.37. The number of benzene rings is 1. The molecule has 1 N–H and O–H groups in total. The van der Waals surface area contributed by atoms with Gasteiger partial charge in [0.05, 0.1) is 6.54 Å². The Morgan fingerprint density at radius 2 is 1.96 bits per heavy atom. The second-order valence-corrected chi connectivity index (χ2v) is 7.08. The van der Waals surface area contributed by atoms with Crippen LogP contribution in [-0.2, 0) is 11.3 Å². The summed E-state index contributed by atoms with van der Waals surface area (Å²) >= 11 is 0. The molecule has 1 aliphatic rings. The molecule has 140 valence electrons. The van der Waals surface area contributed by atoms with E-state index >= 15 is 0 Å². The smallest absolute Gasteiger partial charge is 0.242 e. The predicted molar refractivity (Wildman–Crippen MR) is 96.8 cm³/mol. The van der Waals surface area contributed by atoms with Crippen LogP contribution in [0.3, 0.4) is 0 Å². The maximum atomic E-state index is 13.2. The summed E-state index contributed by atoms with van der Waals surface area (Å²) in [6, 6.07) is 5.97. The molecule has 1 fully saturated rings. The van der Waals surface area contributed by atoms with Crippen LogP contribution in [0.4, 0.5) is 4.39 Å². The molecule has 1 unspecified atom stereocenters. The third-order valence-corrected chi connectivity index (χ3v) is 4.99. The van der Waals surface area contributed by atoms with E-state index in [2.05, 4.69) is 20.1 Å². The van der Waals surface area contributed by atoms with Gasteiger partial charge in [-0.25, -0.2) is 4.39 Å². The minimum Gasteiger partial charge on any atom is -0.347 e. The first kappa shape index (κ1) is 18.5. The van der Waals surface area contributed by atoms with E-state index in [-0.39, 0.29) is 11.7 Å². The molecule has 1 amide bonds. The highest BCUT2D eigenvalue weighted by Crippen LogP contribution is 2.28. The van der Waals surface area contributed by atoms with Gasteiger partial charge < -0.3 is 9.88 Å². The van der Waals surface area contributed by atoms with Gasteiger partial charge in [0.25, 0.3) is 0 Å². The van der Waals surface area contributed by atoms with Gasteiger partial charge in [0.1, 0.15) is 18.2 Å². The highest BCUT2D eigenvalue weighted by Gasteiger charge is 2.24. The Morgan fingerprint density at radius 3 is 2.62 bits per heavy atom. The molecule has 26 heavy (non-hydrogen) atoms. The van der Waals surface area contributed by atoms with Crippen LogP contribution in [0.2, 0.25) is 0 Å². The van der Waals surface area contributed by atoms with Gasteiger partial charge in [-0.15, -0.1) is 10.2 Å². The number of carbonyl (C=O) groups is 1. The summed E-state index contributed by atoms with van der Waals surface area (Å²) in [7, 11) is 3.66. The second-order valence-electron chi connectivity index (χ2n) is 7.08. The molecule has 3 rings (SSSR count). The molecule has 1 heterocycles. The molecule has 1 atom stereocenters. The van der Waals surface area contributed by atoms with Gasteiger partial charge in [0.15, 0.2) is 5.82 Å². The van der Waals surface area contributed by atoms with Crippen molar-refractivity contribution in [3.8, 4) is 0 Å². The van der Waals surface area contributed by atoms with E-state index in [9.17, 15) is 9.18 Å². The number of rotatable bonds is 6. The molecule has 0 aliphatic heterocycles. The van der Waals surface area contributed by atoms with Crippen molar-refractivity contribution in [3.63, 3.8) is 0 Å². The van der Waals surface area contributed by atoms with Gasteiger partial charge in [-0.05, 0) is 44.6 Å². The van der Waals surface area contributed by atoms with E-state index in [1.807, 2.05) is 19.0 Å². The van der Waals surface area contributed by atoms with Gasteiger partial charge in [-0.2, -0.15) is 0 Å². The summed E-state index contributed by atoms with van der Waals surface area (Å²) in [5, 5.41) is 11.2. The average Bonchev–Trinajstić information content (AvgIpc) is 3.11. The number of likely N-dealkylation sites (N-methyl/N-ethyl adjacent to an activating group) is 1. The molecule has 1 aliphatic carbocycles. The molecule has 1 saturated carbocycles. The lowest BCUT2D eigenvalue weighted by Gasteiger charge is -2.25. The maximum Gasteiger partial charge on any atom is 0.242 e. The van der Waals surface area contributed by atoms with Crippen molar-refractivity contribution in [1.82, 2.24) is 25.0 Å². The third kappa shape index (κ3) is 4.27. The second kappa shape index (κ2) is 8.40. The van der Waals surface area contributed by atoms with Gasteiger partial charge in [-0.3, -0.25) is 9.69 Å². The molecule has 7 heteroatoms. The topological polar surface area (TPSA) is 63.1 Å². The molecule has 0 saturated heterocycles. The normalized spacial score (nSPS) is 16.6. The summed E-state index contributed by atoms with van der Waals surface area (Å²) in [6.07, 6.45) is 7.77. The van der Waals surface area contributed by atoms with E-state index in [0.717, 1.165) is 24.2 Å². The minimum atomic E-state index is -0.485. The Hall–Kier alpha value is -2.28. The minimum absolute atomic E-state index is 0.139. The monoisotopic (exact) mass is 359 g/mol. The van der Waals surface area contributed by atoms with E-state index in [0.29, 0.717) is 12.6 Å². The summed E-state index contributed by atoms with van der Waals surface area (Å²) in [4.78, 5) is 14.6. The van der Waals surface area contributed by atoms with Crippen molar-refractivity contribution in [2.45, 2.75) is 50.7 Å². The van der Waals surface area contributed by atoms with Crippen molar-refractivity contribution < 1.29 is 9.18 Å². The zero-order chi connectivity index (χ0) is 18.5. The van der Waals surface area contributed by atoms with Crippen molar-refractivity contribution in [3.05, 3.63) is 47.8 Å². The van der Waals surface area contributed by atoms with Crippen molar-refractivity contribution in [1.29, 1.82) is 0 Å². The Balaban J connectivity index is 1.67. The van der Waals surface area contributed by atoms with Crippen LogP contribution < -0.4 is 5.32 Å². The fraction of sp³-hybridized carbons (Fsp3) is 0.526. The molecule has 6 nitrogen and oxygen atoms in total. The van der Waals surface area contributed by atoms with Gasteiger partial charge in [-0.1, -0.05) is 31.4 Å². The van der Waals surface area contributed by atoms with Crippen LogP contribution in [0, 0.1) is 5.82 Å². The zero-order valence-electron chi connectivity index (χ0n) is 15.4. The Morgan fingerprint density at radius 1 is 1.27 bits per heavy atom. The number of nitrogens with zero attached hydrogens (tertiary/aromatic N) is 4. The van der Waals surface area contributed by atoms with Crippen molar-refractivity contribution in [2.75, 3.05) is 14.1 Å². The predicted octanol–water partition coefficient (Wildman–Crippen LogP) is 2.84. The van der Waals surface area contributed by atoms with E-state index in [1.54, 1.807) is 18.5 Å². The van der Waals surface area contributed by atoms with Gasteiger partial charge >= 0.3 is 0 Å². The SMILES string of the molecule is CN(C)C(C(=O)NCc1nncn1C1CCCCC1)c1ccc(F)cc1. The summed E-state index contributed by atoms with van der Waals surface area (Å²) < 4.78 is 15.3. The average molecular weight is 359 g/mol. The van der Waals surface area contributed by atoms with Crippen LogP contribution in [-0.4, -0.2) is 39.7 Å².